The predicted molar refractivity (Wildman–Crippen MR) is 79.8 cm³/mol. The minimum absolute atomic E-state index is 0.0901. The van der Waals surface area contributed by atoms with Crippen LogP contribution in [0.25, 0.3) is 0 Å². The first kappa shape index (κ1) is 14.8. The van der Waals surface area contributed by atoms with Crippen molar-refractivity contribution in [1.29, 1.82) is 0 Å². The molecule has 0 radical (unpaired) electrons. The quantitative estimate of drug-likeness (QED) is 0.771. The van der Waals surface area contributed by atoms with Crippen LogP contribution in [0.1, 0.15) is 54.9 Å². The number of benzene rings is 1. The molecule has 3 nitrogen and oxygen atoms in total. The maximum absolute atomic E-state index is 12.6. The van der Waals surface area contributed by atoms with Gasteiger partial charge in [-0.15, -0.1) is 0 Å². The highest BCUT2D eigenvalue weighted by Gasteiger charge is 2.33. The number of likely N-dealkylation sites (tertiary alicyclic amines) is 1. The summed E-state index contributed by atoms with van der Waals surface area (Å²) < 4.78 is 0. The highest BCUT2D eigenvalue weighted by atomic mass is 16.2. The predicted octanol–water partition coefficient (Wildman–Crippen LogP) is 3.36. The highest BCUT2D eigenvalue weighted by molar-refractivity contribution is 6.02. The van der Waals surface area contributed by atoms with E-state index in [4.69, 9.17) is 0 Å². The number of Topliss-reactive ketones (excluding diaryl/α,β-unsaturated/α-hetero) is 1. The van der Waals surface area contributed by atoms with Crippen LogP contribution in [0.2, 0.25) is 0 Å². The molecule has 1 atom stereocenters. The van der Waals surface area contributed by atoms with Gasteiger partial charge in [0.05, 0.1) is 6.04 Å². The molecule has 0 spiro atoms. The van der Waals surface area contributed by atoms with E-state index in [0.29, 0.717) is 6.42 Å². The summed E-state index contributed by atoms with van der Waals surface area (Å²) in [4.78, 5) is 26.5. The molecule has 20 heavy (non-hydrogen) atoms. The van der Waals surface area contributed by atoms with E-state index in [0.717, 1.165) is 43.4 Å². The average Bonchev–Trinajstić information content (AvgIpc) is 2.94. The Morgan fingerprint density at radius 2 is 1.95 bits per heavy atom. The molecule has 1 fully saturated rings. The maximum Gasteiger partial charge on any atom is 0.223 e. The zero-order valence-corrected chi connectivity index (χ0v) is 12.4. The largest absolute Gasteiger partial charge is 0.332 e. The van der Waals surface area contributed by atoms with Gasteiger partial charge in [0.1, 0.15) is 0 Å². The number of nitrogens with zero attached hydrogens (tertiary/aromatic N) is 1. The number of rotatable bonds is 5. The van der Waals surface area contributed by atoms with E-state index in [1.54, 1.807) is 4.90 Å². The van der Waals surface area contributed by atoms with Crippen LogP contribution in [0.3, 0.4) is 0 Å². The Kier molecular flexibility index (Phi) is 4.94. The lowest BCUT2D eigenvalue weighted by atomic mass is 10.0. The number of aryl methyl sites for hydroxylation is 1. The minimum atomic E-state index is -0.248. The van der Waals surface area contributed by atoms with Crippen molar-refractivity contribution < 1.29 is 9.59 Å². The summed E-state index contributed by atoms with van der Waals surface area (Å²) >= 11 is 0. The number of carbonyl (C=O) groups excluding carboxylic acids is 2. The van der Waals surface area contributed by atoms with E-state index in [2.05, 4.69) is 6.92 Å². The molecule has 1 heterocycles. The summed E-state index contributed by atoms with van der Waals surface area (Å²) in [6, 6.07) is 7.38. The second-order valence-electron chi connectivity index (χ2n) is 5.58. The van der Waals surface area contributed by atoms with Crippen LogP contribution in [0, 0.1) is 6.92 Å². The lowest BCUT2D eigenvalue weighted by Gasteiger charge is -2.23. The number of amides is 1. The van der Waals surface area contributed by atoms with E-state index in [9.17, 15) is 9.59 Å². The Morgan fingerprint density at radius 3 is 2.60 bits per heavy atom. The molecule has 1 aromatic carbocycles. The number of ketones is 1. The second-order valence-corrected chi connectivity index (χ2v) is 5.58. The van der Waals surface area contributed by atoms with E-state index < -0.39 is 0 Å². The summed E-state index contributed by atoms with van der Waals surface area (Å²) in [5.74, 6) is 0.224. The number of unbranched alkanes of at least 4 members (excludes halogenated alkanes) is 1. The fourth-order valence-electron chi connectivity index (χ4n) is 2.72. The second kappa shape index (κ2) is 6.69. The zero-order chi connectivity index (χ0) is 14.5. The third kappa shape index (κ3) is 3.27. The molecule has 1 saturated heterocycles. The van der Waals surface area contributed by atoms with Crippen molar-refractivity contribution in [3.8, 4) is 0 Å². The molecule has 1 aliphatic heterocycles. The van der Waals surface area contributed by atoms with Gasteiger partial charge < -0.3 is 4.90 Å². The van der Waals surface area contributed by atoms with Gasteiger partial charge >= 0.3 is 0 Å². The van der Waals surface area contributed by atoms with Crippen LogP contribution in [0.15, 0.2) is 24.3 Å². The fraction of sp³-hybridized carbons (Fsp3) is 0.529. The van der Waals surface area contributed by atoms with Crippen molar-refractivity contribution in [2.45, 2.75) is 52.0 Å². The minimum Gasteiger partial charge on any atom is -0.332 e. The van der Waals surface area contributed by atoms with Crippen molar-refractivity contribution in [2.24, 2.45) is 0 Å². The monoisotopic (exact) mass is 273 g/mol. The van der Waals surface area contributed by atoms with E-state index >= 15 is 0 Å². The summed E-state index contributed by atoms with van der Waals surface area (Å²) in [7, 11) is 0. The van der Waals surface area contributed by atoms with Gasteiger partial charge in [-0.25, -0.2) is 0 Å². The van der Waals surface area contributed by atoms with Crippen LogP contribution < -0.4 is 0 Å². The number of hydrogen-bond donors (Lipinski definition) is 0. The van der Waals surface area contributed by atoms with Gasteiger partial charge in [0.2, 0.25) is 5.91 Å². The van der Waals surface area contributed by atoms with Gasteiger partial charge in [0.25, 0.3) is 0 Å². The Morgan fingerprint density at radius 1 is 1.25 bits per heavy atom. The topological polar surface area (TPSA) is 37.4 Å². The van der Waals surface area contributed by atoms with Crippen molar-refractivity contribution in [1.82, 2.24) is 4.90 Å². The van der Waals surface area contributed by atoms with Gasteiger partial charge in [-0.2, -0.15) is 0 Å². The average molecular weight is 273 g/mol. The van der Waals surface area contributed by atoms with Gasteiger partial charge in [0.15, 0.2) is 5.78 Å². The Balaban J connectivity index is 2.08. The molecule has 0 N–H and O–H groups in total. The summed E-state index contributed by atoms with van der Waals surface area (Å²) in [6.07, 6.45) is 4.20. The summed E-state index contributed by atoms with van der Waals surface area (Å²) in [5.41, 5.74) is 1.86. The number of hydrogen-bond acceptors (Lipinski definition) is 2. The molecule has 3 heteroatoms. The highest BCUT2D eigenvalue weighted by Crippen LogP contribution is 2.22. The van der Waals surface area contributed by atoms with Crippen LogP contribution in [0.4, 0.5) is 0 Å². The standard InChI is InChI=1S/C17H23NO2/c1-3-4-7-16(19)18-12-5-6-15(18)17(20)14-10-8-13(2)9-11-14/h8-11,15H,3-7,12H2,1-2H3. The maximum atomic E-state index is 12.6. The molecule has 2 rings (SSSR count). The first-order valence-electron chi connectivity index (χ1n) is 7.54. The smallest absolute Gasteiger partial charge is 0.223 e. The lowest BCUT2D eigenvalue weighted by Crippen LogP contribution is -2.40. The van der Waals surface area contributed by atoms with E-state index in [1.807, 2.05) is 31.2 Å². The van der Waals surface area contributed by atoms with Crippen LogP contribution in [-0.2, 0) is 4.79 Å². The Hall–Kier alpha value is -1.64. The van der Waals surface area contributed by atoms with Crippen LogP contribution in [0.5, 0.6) is 0 Å². The molecule has 0 saturated carbocycles. The molecule has 1 aromatic rings. The van der Waals surface area contributed by atoms with Crippen LogP contribution >= 0.6 is 0 Å². The Bertz CT molecular complexity index is 478. The molecule has 1 amide bonds. The van der Waals surface area contributed by atoms with Gasteiger partial charge in [-0.1, -0.05) is 43.2 Å². The third-order valence-electron chi connectivity index (χ3n) is 3.96. The first-order chi connectivity index (χ1) is 9.63. The molecule has 0 aliphatic carbocycles. The fourth-order valence-corrected chi connectivity index (χ4v) is 2.72. The summed E-state index contributed by atoms with van der Waals surface area (Å²) in [6.45, 7) is 4.81. The van der Waals surface area contributed by atoms with Crippen molar-refractivity contribution in [2.75, 3.05) is 6.54 Å². The zero-order valence-electron chi connectivity index (χ0n) is 12.4. The van der Waals surface area contributed by atoms with Gasteiger partial charge in [-0.3, -0.25) is 9.59 Å². The molecule has 0 bridgehead atoms. The van der Waals surface area contributed by atoms with Gasteiger partial charge in [-0.05, 0) is 26.2 Å². The first-order valence-corrected chi connectivity index (χ1v) is 7.54. The van der Waals surface area contributed by atoms with E-state index in [-0.39, 0.29) is 17.7 Å². The van der Waals surface area contributed by atoms with Crippen molar-refractivity contribution in [3.63, 3.8) is 0 Å². The van der Waals surface area contributed by atoms with Crippen molar-refractivity contribution >= 4 is 11.7 Å². The molecule has 1 unspecified atom stereocenters. The molecular weight excluding hydrogens is 250 g/mol. The molecule has 0 aromatic heterocycles. The molecule has 1 aliphatic rings. The SMILES string of the molecule is CCCCC(=O)N1CCCC1C(=O)c1ccc(C)cc1. The molecular formula is C17H23NO2. The van der Waals surface area contributed by atoms with Gasteiger partial charge in [0, 0.05) is 18.5 Å². The lowest BCUT2D eigenvalue weighted by molar-refractivity contribution is -0.131. The number of carbonyl (C=O) groups is 2. The summed E-state index contributed by atoms with van der Waals surface area (Å²) in [5, 5.41) is 0. The normalized spacial score (nSPS) is 18.3. The van der Waals surface area contributed by atoms with E-state index in [1.165, 1.54) is 0 Å². The molecule has 108 valence electrons. The van der Waals surface area contributed by atoms with Crippen LogP contribution in [-0.4, -0.2) is 29.2 Å². The Labute approximate surface area is 121 Å². The van der Waals surface area contributed by atoms with Crippen molar-refractivity contribution in [3.05, 3.63) is 35.4 Å². The third-order valence-corrected chi connectivity index (χ3v) is 3.96.